The summed E-state index contributed by atoms with van der Waals surface area (Å²) < 4.78 is -1.61. The minimum Gasteiger partial charge on any atom is -0.336 e. The Bertz CT molecular complexity index is 721. The van der Waals surface area contributed by atoms with Crippen molar-refractivity contribution in [1.82, 2.24) is 5.32 Å². The third kappa shape index (κ3) is 6.38. The molecule has 0 aliphatic carbocycles. The van der Waals surface area contributed by atoms with Gasteiger partial charge in [-0.15, -0.1) is 11.8 Å². The molecule has 0 aliphatic rings. The third-order valence-corrected chi connectivity index (χ3v) is 6.18. The van der Waals surface area contributed by atoms with Crippen LogP contribution in [-0.2, 0) is 11.2 Å². The Labute approximate surface area is 174 Å². The van der Waals surface area contributed by atoms with Crippen molar-refractivity contribution in [2.24, 2.45) is 0 Å². The molecule has 0 radical (unpaired) electrons. The van der Waals surface area contributed by atoms with Crippen molar-refractivity contribution in [2.45, 2.75) is 41.1 Å². The van der Waals surface area contributed by atoms with E-state index in [0.717, 1.165) is 11.1 Å². The summed E-state index contributed by atoms with van der Waals surface area (Å²) in [5.41, 5.74) is 2.82. The number of hydrogen-bond acceptors (Lipinski definition) is 2. The second kappa shape index (κ2) is 8.88. The molecule has 0 bridgehead atoms. The molecule has 0 saturated carbocycles. The Morgan fingerprint density at radius 2 is 1.58 bits per heavy atom. The van der Waals surface area contributed by atoms with Crippen molar-refractivity contribution in [3.63, 3.8) is 0 Å². The minimum absolute atomic E-state index is 0.0284. The third-order valence-electron chi connectivity index (χ3n) is 3.83. The lowest BCUT2D eigenvalue weighted by atomic mass is 9.87. The Balaban J connectivity index is 2.06. The van der Waals surface area contributed by atoms with Gasteiger partial charge in [0.05, 0.1) is 0 Å². The number of rotatable bonds is 5. The van der Waals surface area contributed by atoms with Gasteiger partial charge in [-0.1, -0.05) is 98.0 Å². The summed E-state index contributed by atoms with van der Waals surface area (Å²) in [5.74, 6) is 0.366. The highest BCUT2D eigenvalue weighted by Gasteiger charge is 2.34. The van der Waals surface area contributed by atoms with Crippen LogP contribution in [0.1, 0.15) is 42.3 Å². The summed E-state index contributed by atoms with van der Waals surface area (Å²) in [7, 11) is 0. The molecular weight excluding hydrogens is 409 g/mol. The molecule has 2 nitrogen and oxygen atoms in total. The average molecular weight is 431 g/mol. The number of hydrogen-bond donors (Lipinski definition) is 1. The second-order valence-electron chi connectivity index (χ2n) is 7.02. The fourth-order valence-electron chi connectivity index (χ4n) is 2.30. The van der Waals surface area contributed by atoms with Crippen molar-refractivity contribution in [2.75, 3.05) is 0 Å². The quantitative estimate of drug-likeness (QED) is 0.442. The van der Waals surface area contributed by atoms with Crippen LogP contribution in [0.4, 0.5) is 0 Å². The Kier molecular flexibility index (Phi) is 7.32. The molecule has 2 rings (SSSR count). The van der Waals surface area contributed by atoms with Crippen LogP contribution in [0.3, 0.4) is 0 Å². The van der Waals surface area contributed by atoms with Crippen LogP contribution in [0, 0.1) is 0 Å². The summed E-state index contributed by atoms with van der Waals surface area (Å²) in [6, 6.07) is 17.4. The van der Waals surface area contributed by atoms with Crippen molar-refractivity contribution in [3.8, 4) is 0 Å². The zero-order valence-electron chi connectivity index (χ0n) is 14.9. The predicted molar refractivity (Wildman–Crippen MR) is 114 cm³/mol. The van der Waals surface area contributed by atoms with E-state index in [9.17, 15) is 4.79 Å². The highest BCUT2D eigenvalue weighted by Crippen LogP contribution is 2.37. The summed E-state index contributed by atoms with van der Waals surface area (Å²) in [4.78, 5) is 12.6. The van der Waals surface area contributed by atoms with E-state index >= 15 is 0 Å². The Hall–Kier alpha value is -0.870. The zero-order valence-corrected chi connectivity index (χ0v) is 18.0. The molecule has 1 atom stereocenters. The van der Waals surface area contributed by atoms with E-state index in [2.05, 4.69) is 26.1 Å². The molecule has 1 N–H and O–H groups in total. The zero-order chi connectivity index (χ0) is 19.4. The SMILES string of the molecule is CC(C)(C)c1ccc(C(=O)NC(SCc2ccccc2)C(Cl)(Cl)Cl)cc1. The second-order valence-corrected chi connectivity index (χ2v) is 10.5. The molecule has 1 amide bonds. The van der Waals surface area contributed by atoms with E-state index in [1.165, 1.54) is 11.8 Å². The van der Waals surface area contributed by atoms with E-state index in [1.807, 2.05) is 42.5 Å². The first kappa shape index (κ1) is 21.4. The normalized spacial score (nSPS) is 13.3. The molecule has 2 aromatic carbocycles. The van der Waals surface area contributed by atoms with E-state index in [0.29, 0.717) is 11.3 Å². The number of benzene rings is 2. The van der Waals surface area contributed by atoms with Gasteiger partial charge in [0, 0.05) is 11.3 Å². The maximum Gasteiger partial charge on any atom is 0.252 e. The van der Waals surface area contributed by atoms with Crippen LogP contribution in [0.25, 0.3) is 0 Å². The standard InChI is InChI=1S/C20H22Cl3NOS/c1-19(2,3)16-11-9-15(10-12-16)17(25)24-18(20(21,22)23)26-13-14-7-5-4-6-8-14/h4-12,18H,13H2,1-3H3,(H,24,25). The monoisotopic (exact) mass is 429 g/mol. The maximum atomic E-state index is 12.6. The van der Waals surface area contributed by atoms with Crippen LogP contribution in [0.2, 0.25) is 0 Å². The lowest BCUT2D eigenvalue weighted by Gasteiger charge is -2.25. The van der Waals surface area contributed by atoms with Crippen LogP contribution in [-0.4, -0.2) is 15.1 Å². The smallest absolute Gasteiger partial charge is 0.252 e. The molecule has 1 unspecified atom stereocenters. The van der Waals surface area contributed by atoms with Crippen molar-refractivity contribution < 1.29 is 4.79 Å². The highest BCUT2D eigenvalue weighted by atomic mass is 35.6. The summed E-state index contributed by atoms with van der Waals surface area (Å²) in [5, 5.41) is 2.17. The molecule has 2 aromatic rings. The van der Waals surface area contributed by atoms with Gasteiger partial charge in [0.1, 0.15) is 5.37 Å². The average Bonchev–Trinajstić information content (AvgIpc) is 2.57. The van der Waals surface area contributed by atoms with Gasteiger partial charge in [-0.3, -0.25) is 4.79 Å². The van der Waals surface area contributed by atoms with Crippen molar-refractivity contribution in [1.29, 1.82) is 0 Å². The van der Waals surface area contributed by atoms with E-state index in [-0.39, 0.29) is 11.3 Å². The van der Waals surface area contributed by atoms with E-state index < -0.39 is 9.17 Å². The van der Waals surface area contributed by atoms with Gasteiger partial charge in [0.25, 0.3) is 5.91 Å². The fourth-order valence-corrected chi connectivity index (χ4v) is 3.96. The molecule has 140 valence electrons. The molecule has 0 heterocycles. The van der Waals surface area contributed by atoms with Gasteiger partial charge >= 0.3 is 0 Å². The first-order chi connectivity index (χ1) is 12.1. The number of amides is 1. The van der Waals surface area contributed by atoms with Crippen LogP contribution < -0.4 is 5.32 Å². The molecule has 0 aliphatic heterocycles. The van der Waals surface area contributed by atoms with Gasteiger partial charge in [-0.2, -0.15) is 0 Å². The van der Waals surface area contributed by atoms with Gasteiger partial charge in [0.2, 0.25) is 3.79 Å². The molecular formula is C20H22Cl3NOS. The Morgan fingerprint density at radius 1 is 1.00 bits per heavy atom. The first-order valence-electron chi connectivity index (χ1n) is 8.21. The van der Waals surface area contributed by atoms with E-state index in [4.69, 9.17) is 34.8 Å². The number of carbonyl (C=O) groups excluding carboxylic acids is 1. The maximum absolute atomic E-state index is 12.6. The molecule has 6 heteroatoms. The van der Waals surface area contributed by atoms with Gasteiger partial charge in [-0.05, 0) is 28.7 Å². The van der Waals surface area contributed by atoms with Crippen molar-refractivity contribution >= 4 is 52.5 Å². The molecule has 0 fully saturated rings. The number of halogens is 3. The van der Waals surface area contributed by atoms with Crippen molar-refractivity contribution in [3.05, 3.63) is 71.3 Å². The lowest BCUT2D eigenvalue weighted by Crippen LogP contribution is -2.41. The summed E-state index contributed by atoms with van der Waals surface area (Å²) in [6.07, 6.45) is 0. The predicted octanol–water partition coefficient (Wildman–Crippen LogP) is 6.34. The van der Waals surface area contributed by atoms with Crippen LogP contribution in [0.15, 0.2) is 54.6 Å². The van der Waals surface area contributed by atoms with Gasteiger partial charge in [0.15, 0.2) is 0 Å². The fraction of sp³-hybridized carbons (Fsp3) is 0.350. The highest BCUT2D eigenvalue weighted by molar-refractivity contribution is 7.99. The largest absolute Gasteiger partial charge is 0.336 e. The topological polar surface area (TPSA) is 29.1 Å². The number of carbonyl (C=O) groups is 1. The molecule has 0 aromatic heterocycles. The molecule has 0 spiro atoms. The summed E-state index contributed by atoms with van der Waals surface area (Å²) >= 11 is 19.6. The summed E-state index contributed by atoms with van der Waals surface area (Å²) in [6.45, 7) is 6.38. The minimum atomic E-state index is -1.61. The Morgan fingerprint density at radius 3 is 2.08 bits per heavy atom. The number of thioether (sulfide) groups is 1. The first-order valence-corrected chi connectivity index (χ1v) is 10.4. The number of nitrogens with one attached hydrogen (secondary N) is 1. The molecule has 0 saturated heterocycles. The number of alkyl halides is 3. The van der Waals surface area contributed by atoms with Gasteiger partial charge in [-0.25, -0.2) is 0 Å². The lowest BCUT2D eigenvalue weighted by molar-refractivity contribution is 0.0950. The van der Waals surface area contributed by atoms with Crippen LogP contribution in [0.5, 0.6) is 0 Å². The molecule has 26 heavy (non-hydrogen) atoms. The van der Waals surface area contributed by atoms with Crippen LogP contribution >= 0.6 is 46.6 Å². The van der Waals surface area contributed by atoms with E-state index in [1.54, 1.807) is 12.1 Å². The van der Waals surface area contributed by atoms with Gasteiger partial charge < -0.3 is 5.32 Å².